The Morgan fingerprint density at radius 1 is 1.35 bits per heavy atom. The average molecular weight is 318 g/mol. The number of likely N-dealkylation sites (N-methyl/N-ethyl adjacent to an activating group) is 1. The maximum atomic E-state index is 11.7. The molecule has 0 aliphatic carbocycles. The fourth-order valence-electron chi connectivity index (χ4n) is 1.59. The lowest BCUT2D eigenvalue weighted by Gasteiger charge is -2.18. The number of carbonyl (C=O) groups excluding carboxylic acids is 2. The number of nitrogens with zero attached hydrogens (tertiary/aromatic N) is 1. The van der Waals surface area contributed by atoms with E-state index in [0.29, 0.717) is 13.1 Å². The minimum absolute atomic E-state index is 0.186. The van der Waals surface area contributed by atoms with Gasteiger partial charge in [-0.1, -0.05) is 25.4 Å². The molecule has 0 saturated carbocycles. The molecule has 0 saturated heterocycles. The van der Waals surface area contributed by atoms with Crippen LogP contribution < -0.4 is 10.6 Å². The molecule has 1 aromatic heterocycles. The van der Waals surface area contributed by atoms with Crippen molar-refractivity contribution < 1.29 is 9.59 Å². The highest BCUT2D eigenvalue weighted by atomic mass is 35.5. The van der Waals surface area contributed by atoms with Crippen LogP contribution in [0.3, 0.4) is 0 Å². The molecule has 0 spiro atoms. The number of carbonyl (C=O) groups is 2. The quantitative estimate of drug-likeness (QED) is 0.812. The van der Waals surface area contributed by atoms with Gasteiger partial charge in [0.05, 0.1) is 10.9 Å². The maximum absolute atomic E-state index is 11.7. The Morgan fingerprint density at radius 3 is 2.65 bits per heavy atom. The Labute approximate surface area is 128 Å². The minimum atomic E-state index is -0.438. The standard InChI is InChI=1S/C13H20ClN3O2S/c1-3-7-15-13(19)16-12(18)9-17(4-2)8-10-5-6-11(14)20-10/h5-6H,3-4,7-9H2,1-2H3,(H2,15,16,18,19). The van der Waals surface area contributed by atoms with Gasteiger partial charge in [0.2, 0.25) is 5.91 Å². The Morgan fingerprint density at radius 2 is 2.10 bits per heavy atom. The molecule has 1 rings (SSSR count). The van der Waals surface area contributed by atoms with Crippen molar-refractivity contribution in [1.82, 2.24) is 15.5 Å². The first-order chi connectivity index (χ1) is 9.55. The molecular weight excluding hydrogens is 298 g/mol. The summed E-state index contributed by atoms with van der Waals surface area (Å²) in [6, 6.07) is 3.35. The van der Waals surface area contributed by atoms with Gasteiger partial charge in [-0.2, -0.15) is 0 Å². The number of urea groups is 1. The molecule has 0 bridgehead atoms. The fraction of sp³-hybridized carbons (Fsp3) is 0.538. The molecule has 20 heavy (non-hydrogen) atoms. The van der Waals surface area contributed by atoms with Crippen LogP contribution in [0, 0.1) is 0 Å². The summed E-state index contributed by atoms with van der Waals surface area (Å²) < 4.78 is 0.736. The van der Waals surface area contributed by atoms with Crippen LogP contribution in [0.25, 0.3) is 0 Å². The largest absolute Gasteiger partial charge is 0.338 e. The second-order valence-corrected chi connectivity index (χ2v) is 6.11. The fourth-order valence-corrected chi connectivity index (χ4v) is 2.72. The van der Waals surface area contributed by atoms with Gasteiger partial charge in [-0.05, 0) is 25.1 Å². The molecule has 1 heterocycles. The first-order valence-electron chi connectivity index (χ1n) is 6.59. The van der Waals surface area contributed by atoms with Crippen LogP contribution >= 0.6 is 22.9 Å². The van der Waals surface area contributed by atoms with Crippen molar-refractivity contribution in [1.29, 1.82) is 0 Å². The molecule has 0 fully saturated rings. The van der Waals surface area contributed by atoms with Gasteiger partial charge >= 0.3 is 6.03 Å². The number of imide groups is 1. The van der Waals surface area contributed by atoms with Gasteiger partial charge in [0.15, 0.2) is 0 Å². The van der Waals surface area contributed by atoms with Crippen LogP contribution in [0.15, 0.2) is 12.1 Å². The smallest absolute Gasteiger partial charge is 0.321 e. The van der Waals surface area contributed by atoms with E-state index in [9.17, 15) is 9.59 Å². The predicted molar refractivity (Wildman–Crippen MR) is 82.1 cm³/mol. The van der Waals surface area contributed by atoms with Gasteiger partial charge in [-0.25, -0.2) is 4.79 Å². The Bertz CT molecular complexity index is 451. The monoisotopic (exact) mass is 317 g/mol. The molecule has 2 N–H and O–H groups in total. The van der Waals surface area contributed by atoms with Gasteiger partial charge < -0.3 is 5.32 Å². The van der Waals surface area contributed by atoms with E-state index < -0.39 is 6.03 Å². The first kappa shape index (κ1) is 16.9. The third kappa shape index (κ3) is 6.36. The maximum Gasteiger partial charge on any atom is 0.321 e. The number of amides is 3. The number of hydrogen-bond donors (Lipinski definition) is 2. The molecule has 0 aliphatic rings. The number of halogens is 1. The molecule has 1 aromatic rings. The summed E-state index contributed by atoms with van der Waals surface area (Å²) in [5.74, 6) is -0.303. The third-order valence-electron chi connectivity index (χ3n) is 2.61. The summed E-state index contributed by atoms with van der Waals surface area (Å²) in [7, 11) is 0. The van der Waals surface area contributed by atoms with Crippen LogP contribution in [0.5, 0.6) is 0 Å². The van der Waals surface area contributed by atoms with Crippen molar-refractivity contribution in [2.24, 2.45) is 0 Å². The van der Waals surface area contributed by atoms with E-state index in [4.69, 9.17) is 11.6 Å². The van der Waals surface area contributed by atoms with Gasteiger partial charge in [-0.3, -0.25) is 15.0 Å². The van der Waals surface area contributed by atoms with Crippen LogP contribution in [0.1, 0.15) is 25.1 Å². The molecule has 7 heteroatoms. The summed E-state index contributed by atoms with van der Waals surface area (Å²) in [5.41, 5.74) is 0. The molecule has 0 unspecified atom stereocenters. The van der Waals surface area contributed by atoms with Crippen molar-refractivity contribution in [2.45, 2.75) is 26.8 Å². The van der Waals surface area contributed by atoms with E-state index in [1.807, 2.05) is 30.9 Å². The first-order valence-corrected chi connectivity index (χ1v) is 7.78. The number of rotatable bonds is 7. The van der Waals surface area contributed by atoms with E-state index in [1.165, 1.54) is 11.3 Å². The van der Waals surface area contributed by atoms with Crippen LogP contribution in [-0.4, -0.2) is 36.5 Å². The molecule has 0 aliphatic heterocycles. The SMILES string of the molecule is CCCNC(=O)NC(=O)CN(CC)Cc1ccc(Cl)s1. The zero-order valence-electron chi connectivity index (χ0n) is 11.7. The van der Waals surface area contributed by atoms with Gasteiger partial charge in [0.25, 0.3) is 0 Å². The van der Waals surface area contributed by atoms with Crippen molar-refractivity contribution in [2.75, 3.05) is 19.6 Å². The van der Waals surface area contributed by atoms with E-state index in [1.54, 1.807) is 0 Å². The third-order valence-corrected chi connectivity index (χ3v) is 3.83. The van der Waals surface area contributed by atoms with Crippen molar-refractivity contribution in [3.05, 3.63) is 21.3 Å². The molecular formula is C13H20ClN3O2S. The highest BCUT2D eigenvalue weighted by molar-refractivity contribution is 7.16. The average Bonchev–Trinajstić information content (AvgIpc) is 2.80. The summed E-state index contributed by atoms with van der Waals surface area (Å²) >= 11 is 7.37. The summed E-state index contributed by atoms with van der Waals surface area (Å²) in [4.78, 5) is 26.2. The van der Waals surface area contributed by atoms with Gasteiger partial charge in [0.1, 0.15) is 0 Å². The zero-order valence-corrected chi connectivity index (χ0v) is 13.3. The topological polar surface area (TPSA) is 61.4 Å². The minimum Gasteiger partial charge on any atom is -0.338 e. The molecule has 5 nitrogen and oxygen atoms in total. The highest BCUT2D eigenvalue weighted by Crippen LogP contribution is 2.22. The highest BCUT2D eigenvalue weighted by Gasteiger charge is 2.13. The van der Waals surface area contributed by atoms with Crippen LogP contribution in [-0.2, 0) is 11.3 Å². The Kier molecular flexibility index (Phi) is 7.58. The Balaban J connectivity index is 2.39. The van der Waals surface area contributed by atoms with Crippen molar-refractivity contribution in [3.63, 3.8) is 0 Å². The Hall–Kier alpha value is -1.11. The molecule has 3 amide bonds. The lowest BCUT2D eigenvalue weighted by atomic mass is 10.4. The van der Waals surface area contributed by atoms with E-state index in [0.717, 1.165) is 22.2 Å². The second-order valence-electron chi connectivity index (χ2n) is 4.31. The molecule has 0 aromatic carbocycles. The molecule has 112 valence electrons. The van der Waals surface area contributed by atoms with Crippen LogP contribution in [0.2, 0.25) is 4.34 Å². The lowest BCUT2D eigenvalue weighted by Crippen LogP contribution is -2.44. The molecule has 0 radical (unpaired) electrons. The van der Waals surface area contributed by atoms with E-state index >= 15 is 0 Å². The normalized spacial score (nSPS) is 10.6. The van der Waals surface area contributed by atoms with Crippen molar-refractivity contribution >= 4 is 34.9 Å². The number of thiophene rings is 1. The number of hydrogen-bond acceptors (Lipinski definition) is 4. The lowest BCUT2D eigenvalue weighted by molar-refractivity contribution is -0.121. The van der Waals surface area contributed by atoms with Gasteiger partial charge in [0, 0.05) is 18.0 Å². The zero-order chi connectivity index (χ0) is 15.0. The number of nitrogens with one attached hydrogen (secondary N) is 2. The predicted octanol–water partition coefficient (Wildman–Crippen LogP) is 2.46. The summed E-state index contributed by atoms with van der Waals surface area (Å²) in [6.07, 6.45) is 0.835. The summed E-state index contributed by atoms with van der Waals surface area (Å²) in [5, 5.41) is 4.92. The van der Waals surface area contributed by atoms with E-state index in [-0.39, 0.29) is 12.5 Å². The summed E-state index contributed by atoms with van der Waals surface area (Å²) in [6.45, 7) is 6.04. The van der Waals surface area contributed by atoms with Crippen molar-refractivity contribution in [3.8, 4) is 0 Å². The second kappa shape index (κ2) is 8.94. The van der Waals surface area contributed by atoms with Gasteiger partial charge in [-0.15, -0.1) is 11.3 Å². The van der Waals surface area contributed by atoms with E-state index in [2.05, 4.69) is 10.6 Å². The molecule has 0 atom stereocenters. The van der Waals surface area contributed by atoms with Crippen LogP contribution in [0.4, 0.5) is 4.79 Å².